The third kappa shape index (κ3) is 4.21. The number of rotatable bonds is 4. The fourth-order valence-corrected chi connectivity index (χ4v) is 3.07. The van der Waals surface area contributed by atoms with Gasteiger partial charge in [-0.3, -0.25) is 4.90 Å². The fraction of sp³-hybridized carbons (Fsp3) is 0.588. The average Bonchev–Trinajstić information content (AvgIpc) is 3.08. The van der Waals surface area contributed by atoms with Crippen molar-refractivity contribution >= 4 is 6.03 Å². The molecule has 2 aliphatic heterocycles. The second-order valence-corrected chi connectivity index (χ2v) is 6.07. The van der Waals surface area contributed by atoms with Gasteiger partial charge in [-0.2, -0.15) is 0 Å². The molecule has 0 bridgehead atoms. The number of nitrogens with one attached hydrogen (secondary N) is 1. The summed E-state index contributed by atoms with van der Waals surface area (Å²) in [4.78, 5) is 16.5. The average molecular weight is 303 g/mol. The van der Waals surface area contributed by atoms with Crippen LogP contribution >= 0.6 is 0 Å². The van der Waals surface area contributed by atoms with Gasteiger partial charge in [0.15, 0.2) is 0 Å². The smallest absolute Gasteiger partial charge is 0.317 e. The van der Waals surface area contributed by atoms with Gasteiger partial charge < -0.3 is 15.0 Å². The minimum Gasteiger partial charge on any atom is -0.376 e. The summed E-state index contributed by atoms with van der Waals surface area (Å²) < 4.78 is 5.53. The standard InChI is InChI=1S/C17H25N3O2/c21-17(18-13-16-7-4-12-22-16)20-10-8-19(9-11-20)14-15-5-2-1-3-6-15/h1-3,5-6,16H,4,7-14H2,(H,18,21). The molecule has 0 saturated carbocycles. The minimum absolute atomic E-state index is 0.0508. The maximum atomic E-state index is 12.2. The van der Waals surface area contributed by atoms with Crippen LogP contribution in [0.2, 0.25) is 0 Å². The van der Waals surface area contributed by atoms with Gasteiger partial charge in [-0.1, -0.05) is 30.3 Å². The van der Waals surface area contributed by atoms with Crippen LogP contribution in [0.15, 0.2) is 30.3 Å². The van der Waals surface area contributed by atoms with Crippen LogP contribution in [-0.4, -0.2) is 61.3 Å². The number of ether oxygens (including phenoxy) is 1. The highest BCUT2D eigenvalue weighted by Crippen LogP contribution is 2.11. The number of carbonyl (C=O) groups is 1. The largest absolute Gasteiger partial charge is 0.376 e. The Morgan fingerprint density at radius 3 is 2.64 bits per heavy atom. The summed E-state index contributed by atoms with van der Waals surface area (Å²) in [5.41, 5.74) is 1.33. The SMILES string of the molecule is O=C(NCC1CCCO1)N1CCN(Cc2ccccc2)CC1. The Morgan fingerprint density at radius 2 is 1.95 bits per heavy atom. The van der Waals surface area contributed by atoms with Gasteiger partial charge in [0.25, 0.3) is 0 Å². The van der Waals surface area contributed by atoms with E-state index in [0.717, 1.165) is 52.2 Å². The van der Waals surface area contributed by atoms with Crippen molar-refractivity contribution < 1.29 is 9.53 Å². The molecule has 3 rings (SSSR count). The highest BCUT2D eigenvalue weighted by Gasteiger charge is 2.22. The van der Waals surface area contributed by atoms with Gasteiger partial charge >= 0.3 is 6.03 Å². The second-order valence-electron chi connectivity index (χ2n) is 6.07. The second kappa shape index (κ2) is 7.61. The Hall–Kier alpha value is -1.59. The Kier molecular flexibility index (Phi) is 5.29. The molecule has 2 aliphatic rings. The highest BCUT2D eigenvalue weighted by atomic mass is 16.5. The molecule has 1 N–H and O–H groups in total. The van der Waals surface area contributed by atoms with E-state index in [1.807, 2.05) is 11.0 Å². The summed E-state index contributed by atoms with van der Waals surface area (Å²) >= 11 is 0. The first-order chi connectivity index (χ1) is 10.8. The van der Waals surface area contributed by atoms with Gasteiger partial charge in [0.05, 0.1) is 6.10 Å². The summed E-state index contributed by atoms with van der Waals surface area (Å²) in [6.45, 7) is 5.90. The van der Waals surface area contributed by atoms with Gasteiger partial charge in [-0.15, -0.1) is 0 Å². The lowest BCUT2D eigenvalue weighted by molar-refractivity contribution is 0.104. The molecule has 0 aromatic heterocycles. The van der Waals surface area contributed by atoms with Crippen molar-refractivity contribution in [3.63, 3.8) is 0 Å². The number of carbonyl (C=O) groups excluding carboxylic acids is 1. The van der Waals surface area contributed by atoms with Gasteiger partial charge in [0.1, 0.15) is 0 Å². The predicted octanol–water partition coefficient (Wildman–Crippen LogP) is 1.69. The lowest BCUT2D eigenvalue weighted by Gasteiger charge is -2.34. The van der Waals surface area contributed by atoms with Crippen LogP contribution in [-0.2, 0) is 11.3 Å². The number of piperazine rings is 1. The third-order valence-corrected chi connectivity index (χ3v) is 4.41. The van der Waals surface area contributed by atoms with Crippen molar-refractivity contribution in [3.05, 3.63) is 35.9 Å². The van der Waals surface area contributed by atoms with E-state index in [2.05, 4.69) is 34.5 Å². The molecule has 0 aliphatic carbocycles. The van der Waals surface area contributed by atoms with Crippen LogP contribution in [0.1, 0.15) is 18.4 Å². The van der Waals surface area contributed by atoms with Gasteiger partial charge in [-0.05, 0) is 18.4 Å². The normalized spacial score (nSPS) is 22.7. The molecule has 2 heterocycles. The van der Waals surface area contributed by atoms with Crippen LogP contribution < -0.4 is 5.32 Å². The monoisotopic (exact) mass is 303 g/mol. The van der Waals surface area contributed by atoms with Crippen molar-refractivity contribution in [2.24, 2.45) is 0 Å². The van der Waals surface area contributed by atoms with Gasteiger partial charge in [0.2, 0.25) is 0 Å². The van der Waals surface area contributed by atoms with Crippen LogP contribution in [0.25, 0.3) is 0 Å². The van der Waals surface area contributed by atoms with E-state index >= 15 is 0 Å². The minimum atomic E-state index is 0.0508. The first-order valence-corrected chi connectivity index (χ1v) is 8.22. The van der Waals surface area contributed by atoms with Crippen LogP contribution in [0.4, 0.5) is 4.79 Å². The molecule has 1 aromatic carbocycles. The Balaban J connectivity index is 1.38. The van der Waals surface area contributed by atoms with Crippen molar-refractivity contribution in [2.75, 3.05) is 39.3 Å². The van der Waals surface area contributed by atoms with Crippen LogP contribution in [0.5, 0.6) is 0 Å². The summed E-state index contributed by atoms with van der Waals surface area (Å²) in [6, 6.07) is 10.5. The molecular weight excluding hydrogens is 278 g/mol. The molecule has 1 atom stereocenters. The lowest BCUT2D eigenvalue weighted by atomic mass is 10.2. The molecule has 120 valence electrons. The van der Waals surface area contributed by atoms with E-state index in [1.165, 1.54) is 5.56 Å². The van der Waals surface area contributed by atoms with Crippen molar-refractivity contribution in [1.82, 2.24) is 15.1 Å². The molecule has 0 radical (unpaired) electrons. The number of hydrogen-bond acceptors (Lipinski definition) is 3. The third-order valence-electron chi connectivity index (χ3n) is 4.41. The Labute approximate surface area is 132 Å². The first-order valence-electron chi connectivity index (χ1n) is 8.22. The van der Waals surface area contributed by atoms with E-state index in [0.29, 0.717) is 6.54 Å². The maximum absolute atomic E-state index is 12.2. The van der Waals surface area contributed by atoms with Crippen LogP contribution in [0.3, 0.4) is 0 Å². The van der Waals surface area contributed by atoms with Crippen molar-refractivity contribution in [3.8, 4) is 0 Å². The lowest BCUT2D eigenvalue weighted by Crippen LogP contribution is -2.52. The summed E-state index contributed by atoms with van der Waals surface area (Å²) in [5, 5.41) is 3.00. The van der Waals surface area contributed by atoms with E-state index < -0.39 is 0 Å². The van der Waals surface area contributed by atoms with Gasteiger partial charge in [-0.25, -0.2) is 4.79 Å². The van der Waals surface area contributed by atoms with E-state index in [4.69, 9.17) is 4.74 Å². The van der Waals surface area contributed by atoms with E-state index in [9.17, 15) is 4.79 Å². The Morgan fingerprint density at radius 1 is 1.18 bits per heavy atom. The molecule has 5 nitrogen and oxygen atoms in total. The zero-order valence-electron chi connectivity index (χ0n) is 13.0. The molecule has 2 amide bonds. The zero-order chi connectivity index (χ0) is 15.2. The quantitative estimate of drug-likeness (QED) is 0.921. The highest BCUT2D eigenvalue weighted by molar-refractivity contribution is 5.74. The number of urea groups is 1. The Bertz CT molecular complexity index is 466. The number of nitrogens with zero attached hydrogens (tertiary/aromatic N) is 2. The molecule has 1 unspecified atom stereocenters. The molecule has 2 saturated heterocycles. The van der Waals surface area contributed by atoms with Crippen molar-refractivity contribution in [2.45, 2.75) is 25.5 Å². The summed E-state index contributed by atoms with van der Waals surface area (Å²) in [6.07, 6.45) is 2.38. The topological polar surface area (TPSA) is 44.8 Å². The molecule has 2 fully saturated rings. The number of benzene rings is 1. The molecule has 1 aromatic rings. The van der Waals surface area contributed by atoms with Crippen LogP contribution in [0, 0.1) is 0 Å². The molecule has 22 heavy (non-hydrogen) atoms. The molecule has 5 heteroatoms. The van der Waals surface area contributed by atoms with E-state index in [-0.39, 0.29) is 12.1 Å². The zero-order valence-corrected chi connectivity index (χ0v) is 13.0. The summed E-state index contributed by atoms with van der Waals surface area (Å²) in [5.74, 6) is 0. The van der Waals surface area contributed by atoms with Crippen molar-refractivity contribution in [1.29, 1.82) is 0 Å². The number of hydrogen-bond donors (Lipinski definition) is 1. The molecule has 0 spiro atoms. The predicted molar refractivity (Wildman–Crippen MR) is 85.7 cm³/mol. The van der Waals surface area contributed by atoms with E-state index in [1.54, 1.807) is 0 Å². The fourth-order valence-electron chi connectivity index (χ4n) is 3.07. The van der Waals surface area contributed by atoms with Gasteiger partial charge in [0, 0.05) is 45.9 Å². The summed E-state index contributed by atoms with van der Waals surface area (Å²) in [7, 11) is 0. The molecular formula is C17H25N3O2. The maximum Gasteiger partial charge on any atom is 0.317 e. The number of amides is 2. The first kappa shape index (κ1) is 15.3.